The Hall–Kier alpha value is -0.960. The van der Waals surface area contributed by atoms with Gasteiger partial charge in [-0.15, -0.1) is 0 Å². The van der Waals surface area contributed by atoms with Gasteiger partial charge < -0.3 is 0 Å². The maximum atomic E-state index is 13.1. The standard InChI is InChI=1S/C19H30N2O4S2/c1-16-8-7-9-17(2)21(16)27(24,25)19-12-10-18(11-13-19)26(22,23)20-14-5-3-4-6-15-20/h10-13,16-17H,3-9,14-15H2,1-2H3/t16-,17+. The molecule has 0 N–H and O–H groups in total. The molecule has 0 unspecified atom stereocenters. The summed E-state index contributed by atoms with van der Waals surface area (Å²) >= 11 is 0. The molecule has 0 amide bonds. The van der Waals surface area contributed by atoms with Gasteiger partial charge in [0.25, 0.3) is 0 Å². The van der Waals surface area contributed by atoms with Crippen LogP contribution in [0.5, 0.6) is 0 Å². The van der Waals surface area contributed by atoms with Crippen LogP contribution < -0.4 is 0 Å². The van der Waals surface area contributed by atoms with Gasteiger partial charge in [0.1, 0.15) is 0 Å². The van der Waals surface area contributed by atoms with E-state index in [0.29, 0.717) is 13.1 Å². The van der Waals surface area contributed by atoms with Crippen LogP contribution in [-0.4, -0.2) is 50.6 Å². The molecule has 0 aliphatic carbocycles. The highest BCUT2D eigenvalue weighted by Gasteiger charge is 2.36. The highest BCUT2D eigenvalue weighted by molar-refractivity contribution is 7.89. The van der Waals surface area contributed by atoms with Crippen molar-refractivity contribution in [2.24, 2.45) is 0 Å². The first-order valence-corrected chi connectivity index (χ1v) is 12.8. The third kappa shape index (κ3) is 4.23. The first-order valence-electron chi connectivity index (χ1n) is 9.88. The lowest BCUT2D eigenvalue weighted by atomic mass is 10.0. The summed E-state index contributed by atoms with van der Waals surface area (Å²) in [6.45, 7) is 4.94. The van der Waals surface area contributed by atoms with E-state index in [1.807, 2.05) is 13.8 Å². The first-order chi connectivity index (χ1) is 12.7. The Morgan fingerprint density at radius 1 is 0.704 bits per heavy atom. The molecule has 1 aromatic rings. The Bertz CT molecular complexity index is 832. The predicted molar refractivity (Wildman–Crippen MR) is 105 cm³/mol. The molecular formula is C19H30N2O4S2. The molecule has 8 heteroatoms. The minimum atomic E-state index is -3.63. The molecule has 0 saturated carbocycles. The Morgan fingerprint density at radius 3 is 1.63 bits per heavy atom. The number of hydrogen-bond acceptors (Lipinski definition) is 4. The van der Waals surface area contributed by atoms with E-state index in [4.69, 9.17) is 0 Å². The van der Waals surface area contributed by atoms with Crippen LogP contribution >= 0.6 is 0 Å². The smallest absolute Gasteiger partial charge is 0.207 e. The molecule has 27 heavy (non-hydrogen) atoms. The number of piperidine rings is 1. The van der Waals surface area contributed by atoms with Crippen molar-refractivity contribution in [2.75, 3.05) is 13.1 Å². The monoisotopic (exact) mass is 414 g/mol. The topological polar surface area (TPSA) is 74.8 Å². The molecule has 0 bridgehead atoms. The quantitative estimate of drug-likeness (QED) is 0.758. The molecule has 2 heterocycles. The molecule has 0 spiro atoms. The Kier molecular flexibility index (Phi) is 6.30. The first kappa shape index (κ1) is 20.8. The minimum absolute atomic E-state index is 0.0424. The number of benzene rings is 1. The van der Waals surface area contributed by atoms with Gasteiger partial charge in [0.15, 0.2) is 0 Å². The zero-order chi connectivity index (χ0) is 19.7. The van der Waals surface area contributed by atoms with E-state index < -0.39 is 20.0 Å². The molecule has 0 aromatic heterocycles. The largest absolute Gasteiger partial charge is 0.243 e. The van der Waals surface area contributed by atoms with E-state index in [9.17, 15) is 16.8 Å². The van der Waals surface area contributed by atoms with E-state index in [-0.39, 0.29) is 21.9 Å². The fourth-order valence-corrected chi connectivity index (χ4v) is 7.61. The highest BCUT2D eigenvalue weighted by atomic mass is 32.2. The van der Waals surface area contributed by atoms with Crippen molar-refractivity contribution in [1.29, 1.82) is 0 Å². The summed E-state index contributed by atoms with van der Waals surface area (Å²) in [6.07, 6.45) is 6.58. The number of rotatable bonds is 4. The van der Waals surface area contributed by atoms with Crippen LogP contribution in [-0.2, 0) is 20.0 Å². The van der Waals surface area contributed by atoms with Crippen molar-refractivity contribution >= 4 is 20.0 Å². The summed E-state index contributed by atoms with van der Waals surface area (Å²) in [4.78, 5) is 0.334. The van der Waals surface area contributed by atoms with E-state index >= 15 is 0 Å². The zero-order valence-electron chi connectivity index (χ0n) is 16.2. The third-order valence-electron chi connectivity index (χ3n) is 5.71. The second-order valence-electron chi connectivity index (χ2n) is 7.75. The fraction of sp³-hybridized carbons (Fsp3) is 0.684. The number of nitrogens with zero attached hydrogens (tertiary/aromatic N) is 2. The average Bonchev–Trinajstić information content (AvgIpc) is 2.91. The molecule has 2 saturated heterocycles. The molecule has 6 nitrogen and oxygen atoms in total. The average molecular weight is 415 g/mol. The van der Waals surface area contributed by atoms with Crippen molar-refractivity contribution in [3.63, 3.8) is 0 Å². The third-order valence-corrected chi connectivity index (χ3v) is 9.77. The summed E-state index contributed by atoms with van der Waals surface area (Å²) in [7, 11) is -7.20. The molecule has 3 rings (SSSR count). The van der Waals surface area contributed by atoms with Gasteiger partial charge in [-0.25, -0.2) is 16.8 Å². The van der Waals surface area contributed by atoms with Crippen LogP contribution in [0, 0.1) is 0 Å². The summed E-state index contributed by atoms with van der Waals surface area (Å²) in [5, 5.41) is 0. The molecule has 2 aliphatic heterocycles. The second kappa shape index (κ2) is 8.19. The second-order valence-corrected chi connectivity index (χ2v) is 11.5. The van der Waals surface area contributed by atoms with E-state index in [2.05, 4.69) is 0 Å². The molecule has 2 aliphatic rings. The molecule has 152 valence electrons. The molecule has 1 aromatic carbocycles. The summed E-state index contributed by atoms with van der Waals surface area (Å²) in [5.41, 5.74) is 0. The van der Waals surface area contributed by atoms with E-state index in [1.54, 1.807) is 4.31 Å². The highest BCUT2D eigenvalue weighted by Crippen LogP contribution is 2.30. The number of sulfonamides is 2. The van der Waals surface area contributed by atoms with Gasteiger partial charge in [0, 0.05) is 25.2 Å². The lowest BCUT2D eigenvalue weighted by Crippen LogP contribution is -2.47. The van der Waals surface area contributed by atoms with E-state index in [0.717, 1.165) is 44.9 Å². The molecule has 2 atom stereocenters. The normalized spacial score (nSPS) is 26.6. The maximum Gasteiger partial charge on any atom is 0.243 e. The van der Waals surface area contributed by atoms with Crippen molar-refractivity contribution in [3.05, 3.63) is 24.3 Å². The van der Waals surface area contributed by atoms with Crippen LogP contribution in [0.4, 0.5) is 0 Å². The van der Waals surface area contributed by atoms with Gasteiger partial charge in [-0.05, 0) is 63.8 Å². The Balaban J connectivity index is 1.86. The Labute approximate surface area is 163 Å². The van der Waals surface area contributed by atoms with Gasteiger partial charge in [-0.1, -0.05) is 19.3 Å². The predicted octanol–water partition coefficient (Wildman–Crippen LogP) is 3.20. The van der Waals surface area contributed by atoms with Gasteiger partial charge in [-0.3, -0.25) is 0 Å². The Morgan fingerprint density at radius 2 is 1.15 bits per heavy atom. The number of hydrogen-bond donors (Lipinski definition) is 0. The van der Waals surface area contributed by atoms with Crippen molar-refractivity contribution < 1.29 is 16.8 Å². The SMILES string of the molecule is C[C@@H]1CCC[C@H](C)N1S(=O)(=O)c1ccc(S(=O)(=O)N2CCCCCC2)cc1. The molecule has 2 fully saturated rings. The van der Waals surface area contributed by atoms with Gasteiger partial charge in [0.05, 0.1) is 9.79 Å². The summed E-state index contributed by atoms with van der Waals surface area (Å²) < 4.78 is 55.0. The zero-order valence-corrected chi connectivity index (χ0v) is 17.8. The van der Waals surface area contributed by atoms with Crippen molar-refractivity contribution in [3.8, 4) is 0 Å². The van der Waals surface area contributed by atoms with Crippen LogP contribution in [0.3, 0.4) is 0 Å². The lowest BCUT2D eigenvalue weighted by molar-refractivity contribution is 0.204. The fourth-order valence-electron chi connectivity index (χ4n) is 4.21. The van der Waals surface area contributed by atoms with Gasteiger partial charge >= 0.3 is 0 Å². The van der Waals surface area contributed by atoms with Crippen LogP contribution in [0.25, 0.3) is 0 Å². The van der Waals surface area contributed by atoms with Crippen LogP contribution in [0.15, 0.2) is 34.1 Å². The van der Waals surface area contributed by atoms with Crippen molar-refractivity contribution in [2.45, 2.75) is 80.7 Å². The van der Waals surface area contributed by atoms with Crippen LogP contribution in [0.1, 0.15) is 58.8 Å². The van der Waals surface area contributed by atoms with E-state index in [1.165, 1.54) is 28.6 Å². The minimum Gasteiger partial charge on any atom is -0.207 e. The van der Waals surface area contributed by atoms with Gasteiger partial charge in [-0.2, -0.15) is 8.61 Å². The van der Waals surface area contributed by atoms with Crippen molar-refractivity contribution in [1.82, 2.24) is 8.61 Å². The lowest BCUT2D eigenvalue weighted by Gasteiger charge is -2.37. The van der Waals surface area contributed by atoms with Gasteiger partial charge in [0.2, 0.25) is 20.0 Å². The molecular weight excluding hydrogens is 384 g/mol. The summed E-state index contributed by atoms with van der Waals surface area (Å²) in [6, 6.07) is 5.67. The maximum absolute atomic E-state index is 13.1. The molecule has 0 radical (unpaired) electrons. The summed E-state index contributed by atoms with van der Waals surface area (Å²) in [5.74, 6) is 0. The van der Waals surface area contributed by atoms with Crippen LogP contribution in [0.2, 0.25) is 0 Å².